The molecule has 1 rings (SSSR count). The summed E-state index contributed by atoms with van der Waals surface area (Å²) in [4.78, 5) is 26.0. The van der Waals surface area contributed by atoms with Crippen molar-refractivity contribution in [2.45, 2.75) is 26.2 Å². The highest BCUT2D eigenvalue weighted by molar-refractivity contribution is 7.09. The lowest BCUT2D eigenvalue weighted by atomic mass is 10.4. The quantitative estimate of drug-likeness (QED) is 0.568. The minimum atomic E-state index is -1.04. The van der Waals surface area contributed by atoms with Crippen LogP contribution in [-0.4, -0.2) is 48.4 Å². The van der Waals surface area contributed by atoms with E-state index in [1.54, 1.807) is 0 Å². The second kappa shape index (κ2) is 10.1. The number of hydrogen-bond donors (Lipinski definition) is 3. The summed E-state index contributed by atoms with van der Waals surface area (Å²) in [6.45, 7) is 4.19. The minimum absolute atomic E-state index is 0.0451. The van der Waals surface area contributed by atoms with Crippen LogP contribution in [0.4, 0.5) is 4.79 Å². The van der Waals surface area contributed by atoms with Crippen LogP contribution in [0.1, 0.15) is 35.3 Å². The van der Waals surface area contributed by atoms with Crippen LogP contribution in [0.5, 0.6) is 0 Å². The lowest BCUT2D eigenvalue weighted by molar-refractivity contribution is 0.0691. The Bertz CT molecular complexity index is 450. The fourth-order valence-corrected chi connectivity index (χ4v) is 2.23. The van der Waals surface area contributed by atoms with Gasteiger partial charge in [-0.15, -0.1) is 11.3 Å². The number of aromatic nitrogens is 1. The Balaban J connectivity index is 2.06. The fraction of sp³-hybridized carbons (Fsp3) is 0.615. The number of carboxylic acids is 1. The van der Waals surface area contributed by atoms with Gasteiger partial charge in [0.1, 0.15) is 0 Å². The van der Waals surface area contributed by atoms with E-state index < -0.39 is 5.97 Å². The van der Waals surface area contributed by atoms with Crippen LogP contribution < -0.4 is 10.6 Å². The van der Waals surface area contributed by atoms with Crippen molar-refractivity contribution in [1.29, 1.82) is 0 Å². The fourth-order valence-electron chi connectivity index (χ4n) is 1.45. The molecule has 0 spiro atoms. The predicted molar refractivity (Wildman–Crippen MR) is 79.9 cm³/mol. The van der Waals surface area contributed by atoms with Gasteiger partial charge in [-0.25, -0.2) is 14.6 Å². The summed E-state index contributed by atoms with van der Waals surface area (Å²) in [5.41, 5.74) is 0.0451. The molecule has 0 saturated carbocycles. The summed E-state index contributed by atoms with van der Waals surface area (Å²) >= 11 is 1.27. The Hall–Kier alpha value is -1.67. The van der Waals surface area contributed by atoms with Crippen molar-refractivity contribution in [1.82, 2.24) is 15.6 Å². The first-order valence-corrected chi connectivity index (χ1v) is 7.78. The van der Waals surface area contributed by atoms with E-state index >= 15 is 0 Å². The third-order valence-electron chi connectivity index (χ3n) is 2.57. The van der Waals surface area contributed by atoms with Crippen molar-refractivity contribution in [3.8, 4) is 0 Å². The number of carbonyl (C=O) groups excluding carboxylic acids is 1. The van der Waals surface area contributed by atoms with Gasteiger partial charge in [-0.3, -0.25) is 0 Å². The van der Waals surface area contributed by atoms with Gasteiger partial charge in [0.05, 0.1) is 11.6 Å². The first kappa shape index (κ1) is 17.4. The lowest BCUT2D eigenvalue weighted by Crippen LogP contribution is -2.38. The number of nitrogens with one attached hydrogen (secondary N) is 2. The molecule has 2 amide bonds. The molecule has 1 heterocycles. The summed E-state index contributed by atoms with van der Waals surface area (Å²) in [5, 5.41) is 16.3. The number of ether oxygens (including phenoxy) is 1. The van der Waals surface area contributed by atoms with Gasteiger partial charge in [-0.2, -0.15) is 0 Å². The smallest absolute Gasteiger partial charge is 0.355 e. The van der Waals surface area contributed by atoms with Crippen LogP contribution in [0.25, 0.3) is 0 Å². The molecular weight excluding hydrogens is 294 g/mol. The van der Waals surface area contributed by atoms with Gasteiger partial charge < -0.3 is 20.5 Å². The summed E-state index contributed by atoms with van der Waals surface area (Å²) in [6.07, 6.45) is 2.63. The van der Waals surface area contributed by atoms with Crippen molar-refractivity contribution < 1.29 is 19.4 Å². The van der Waals surface area contributed by atoms with Crippen LogP contribution in [0.2, 0.25) is 0 Å². The van der Waals surface area contributed by atoms with Gasteiger partial charge in [0.2, 0.25) is 0 Å². The third-order valence-corrected chi connectivity index (χ3v) is 3.48. The third kappa shape index (κ3) is 7.62. The Morgan fingerprint density at radius 1 is 1.33 bits per heavy atom. The zero-order valence-electron chi connectivity index (χ0n) is 12.1. The van der Waals surface area contributed by atoms with E-state index in [1.807, 2.05) is 0 Å². The molecule has 8 heteroatoms. The number of urea groups is 1. The van der Waals surface area contributed by atoms with Crippen LogP contribution in [0.15, 0.2) is 5.38 Å². The summed E-state index contributed by atoms with van der Waals surface area (Å²) in [6, 6.07) is -0.260. The molecule has 3 N–H and O–H groups in total. The van der Waals surface area contributed by atoms with Gasteiger partial charge >= 0.3 is 12.0 Å². The molecule has 7 nitrogen and oxygen atoms in total. The molecule has 1 aromatic rings. The van der Waals surface area contributed by atoms with Crippen molar-refractivity contribution in [2.75, 3.05) is 26.3 Å². The van der Waals surface area contributed by atoms with E-state index in [9.17, 15) is 9.59 Å². The maximum absolute atomic E-state index is 11.4. The Morgan fingerprint density at radius 2 is 2.10 bits per heavy atom. The maximum atomic E-state index is 11.4. The molecule has 21 heavy (non-hydrogen) atoms. The van der Waals surface area contributed by atoms with Crippen LogP contribution in [-0.2, 0) is 11.2 Å². The highest BCUT2D eigenvalue weighted by Crippen LogP contribution is 2.09. The first-order chi connectivity index (χ1) is 10.1. The number of unbranched alkanes of at least 4 members (excludes halogenated alkanes) is 1. The molecule has 0 fully saturated rings. The maximum Gasteiger partial charge on any atom is 0.355 e. The number of aromatic carboxylic acids is 1. The van der Waals surface area contributed by atoms with E-state index in [0.717, 1.165) is 19.4 Å². The first-order valence-electron chi connectivity index (χ1n) is 6.90. The monoisotopic (exact) mass is 315 g/mol. The second-order valence-corrected chi connectivity index (χ2v) is 5.27. The zero-order valence-corrected chi connectivity index (χ0v) is 12.9. The molecule has 1 aromatic heterocycles. The van der Waals surface area contributed by atoms with Crippen molar-refractivity contribution in [2.24, 2.45) is 0 Å². The van der Waals surface area contributed by atoms with Gasteiger partial charge in [0.25, 0.3) is 0 Å². The average Bonchev–Trinajstić information content (AvgIpc) is 2.92. The molecular formula is C13H21N3O4S. The van der Waals surface area contributed by atoms with Gasteiger partial charge in [0.15, 0.2) is 5.69 Å². The van der Waals surface area contributed by atoms with E-state index in [0.29, 0.717) is 31.1 Å². The Morgan fingerprint density at radius 3 is 2.76 bits per heavy atom. The van der Waals surface area contributed by atoms with Gasteiger partial charge in [0, 0.05) is 31.5 Å². The molecule has 0 atom stereocenters. The van der Waals surface area contributed by atoms with E-state index in [2.05, 4.69) is 22.5 Å². The number of amides is 2. The molecule has 0 aliphatic carbocycles. The van der Waals surface area contributed by atoms with Crippen LogP contribution >= 0.6 is 11.3 Å². The second-order valence-electron chi connectivity index (χ2n) is 4.33. The Labute approximate surface area is 127 Å². The minimum Gasteiger partial charge on any atom is -0.476 e. The number of carbonyl (C=O) groups is 2. The predicted octanol–water partition coefficient (Wildman–Crippen LogP) is 1.50. The van der Waals surface area contributed by atoms with Crippen LogP contribution in [0.3, 0.4) is 0 Å². The van der Waals surface area contributed by atoms with Crippen molar-refractivity contribution >= 4 is 23.3 Å². The molecule has 0 aliphatic heterocycles. The molecule has 0 unspecified atom stereocenters. The molecule has 0 saturated heterocycles. The highest BCUT2D eigenvalue weighted by atomic mass is 32.1. The molecule has 0 bridgehead atoms. The number of hydrogen-bond acceptors (Lipinski definition) is 5. The van der Waals surface area contributed by atoms with E-state index in [1.165, 1.54) is 16.7 Å². The SMILES string of the molecule is CCCCOCCNC(=O)NCCc1nc(C(=O)O)cs1. The summed E-state index contributed by atoms with van der Waals surface area (Å²) in [7, 11) is 0. The normalized spacial score (nSPS) is 10.3. The average molecular weight is 315 g/mol. The lowest BCUT2D eigenvalue weighted by Gasteiger charge is -2.07. The van der Waals surface area contributed by atoms with E-state index in [4.69, 9.17) is 9.84 Å². The summed E-state index contributed by atoms with van der Waals surface area (Å²) < 4.78 is 5.32. The highest BCUT2D eigenvalue weighted by Gasteiger charge is 2.08. The Kier molecular flexibility index (Phi) is 8.37. The molecule has 0 radical (unpaired) electrons. The number of thiazole rings is 1. The van der Waals surface area contributed by atoms with Gasteiger partial charge in [-0.05, 0) is 6.42 Å². The number of rotatable bonds is 10. The summed E-state index contributed by atoms with van der Waals surface area (Å²) in [5.74, 6) is -1.04. The zero-order chi connectivity index (χ0) is 15.5. The van der Waals surface area contributed by atoms with E-state index in [-0.39, 0.29) is 11.7 Å². The topological polar surface area (TPSA) is 101 Å². The standard InChI is InChI=1S/C13H21N3O4S/c1-2-3-7-20-8-6-15-13(19)14-5-4-11-16-10(9-21-11)12(17)18/h9H,2-8H2,1H3,(H,17,18)(H2,14,15,19). The number of nitrogens with zero attached hydrogens (tertiary/aromatic N) is 1. The van der Waals surface area contributed by atoms with Gasteiger partial charge in [-0.1, -0.05) is 13.3 Å². The van der Waals surface area contributed by atoms with Crippen molar-refractivity contribution in [3.63, 3.8) is 0 Å². The largest absolute Gasteiger partial charge is 0.476 e. The molecule has 0 aliphatic rings. The number of carboxylic acid groups (broad SMARTS) is 1. The van der Waals surface area contributed by atoms with Crippen molar-refractivity contribution in [3.05, 3.63) is 16.1 Å². The molecule has 0 aromatic carbocycles. The molecule has 118 valence electrons. The van der Waals surface area contributed by atoms with Crippen LogP contribution in [0, 0.1) is 0 Å².